The molecular formula is C43H40GeIrN2O-2. The van der Waals surface area contributed by atoms with Crippen molar-refractivity contribution < 1.29 is 27.3 Å². The van der Waals surface area contributed by atoms with Gasteiger partial charge in [-0.2, -0.15) is 0 Å². The largest absolute Gasteiger partial charge is 0 e. The second-order valence-corrected chi connectivity index (χ2v) is 23.9. The normalized spacial score (nSPS) is 14.1. The minimum Gasteiger partial charge on any atom is 0 e. The van der Waals surface area contributed by atoms with Gasteiger partial charge >= 0.3 is 99.8 Å². The molecule has 7 aromatic rings. The van der Waals surface area contributed by atoms with Gasteiger partial charge < -0.3 is 9.40 Å². The predicted octanol–water partition coefficient (Wildman–Crippen LogP) is 10.9. The number of benzene rings is 4. The molecule has 48 heavy (non-hydrogen) atoms. The molecule has 0 saturated heterocycles. The molecule has 0 aliphatic heterocycles. The van der Waals surface area contributed by atoms with E-state index >= 15 is 0 Å². The molecule has 1 aliphatic carbocycles. The predicted molar refractivity (Wildman–Crippen MR) is 198 cm³/mol. The number of nitrogens with zero attached hydrogens (tertiary/aromatic N) is 2. The maximum atomic E-state index is 8.78. The molecule has 1 saturated carbocycles. The topological polar surface area (TPSA) is 38.9 Å². The summed E-state index contributed by atoms with van der Waals surface area (Å²) in [6.07, 6.45) is 6.49. The van der Waals surface area contributed by atoms with Crippen LogP contribution in [0.4, 0.5) is 0 Å². The number of pyridine rings is 2. The van der Waals surface area contributed by atoms with Crippen molar-refractivity contribution in [2.75, 3.05) is 0 Å². The number of hydrogen-bond donors (Lipinski definition) is 0. The Balaban J connectivity index is 0.000000215. The number of rotatable bonds is 6. The summed E-state index contributed by atoms with van der Waals surface area (Å²) in [5.74, 6) is 7.21. The van der Waals surface area contributed by atoms with Crippen LogP contribution < -0.4 is 4.40 Å². The van der Waals surface area contributed by atoms with Crippen LogP contribution in [0.15, 0.2) is 126 Å². The van der Waals surface area contributed by atoms with Crippen molar-refractivity contribution in [3.05, 3.63) is 139 Å². The minimum absolute atomic E-state index is 0. The number of furan rings is 1. The van der Waals surface area contributed by atoms with Gasteiger partial charge in [-0.1, -0.05) is 90.7 Å². The Morgan fingerprint density at radius 1 is 0.771 bits per heavy atom. The Morgan fingerprint density at radius 2 is 1.58 bits per heavy atom. The van der Waals surface area contributed by atoms with Crippen molar-refractivity contribution in [2.45, 2.75) is 49.3 Å². The fourth-order valence-corrected chi connectivity index (χ4v) is 8.43. The van der Waals surface area contributed by atoms with Crippen molar-refractivity contribution in [1.82, 2.24) is 9.97 Å². The van der Waals surface area contributed by atoms with E-state index in [1.54, 1.807) is 6.20 Å². The Bertz CT molecular complexity index is 2190. The van der Waals surface area contributed by atoms with E-state index in [4.69, 9.17) is 7.16 Å². The zero-order chi connectivity index (χ0) is 34.0. The molecule has 0 N–H and O–H groups in total. The van der Waals surface area contributed by atoms with Gasteiger partial charge in [0, 0.05) is 34.4 Å². The summed E-state index contributed by atoms with van der Waals surface area (Å²) >= 11 is -1.72. The molecule has 8 rings (SSSR count). The quantitative estimate of drug-likeness (QED) is 0.123. The molecule has 3 nitrogen and oxygen atoms in total. The Morgan fingerprint density at radius 3 is 2.31 bits per heavy atom. The molecule has 1 fully saturated rings. The van der Waals surface area contributed by atoms with Gasteiger partial charge in [-0.25, -0.2) is 0 Å². The average molecular weight is 868 g/mol. The molecule has 3 heterocycles. The fraction of sp³-hybridized carbons (Fsp3) is 0.209. The Kier molecular flexibility index (Phi) is 9.93. The third kappa shape index (κ3) is 7.73. The Labute approximate surface area is 303 Å². The van der Waals surface area contributed by atoms with E-state index < -0.39 is 19.6 Å². The molecule has 4 aromatic carbocycles. The van der Waals surface area contributed by atoms with E-state index in [0.717, 1.165) is 75.6 Å². The number of hydrogen-bond acceptors (Lipinski definition) is 3. The van der Waals surface area contributed by atoms with Crippen LogP contribution in [0.5, 0.6) is 0 Å². The molecular weight excluding hydrogens is 825 g/mol. The van der Waals surface area contributed by atoms with E-state index in [9.17, 15) is 0 Å². The fourth-order valence-electron chi connectivity index (χ4n) is 6.25. The van der Waals surface area contributed by atoms with Gasteiger partial charge in [-0.3, -0.25) is 0 Å². The summed E-state index contributed by atoms with van der Waals surface area (Å²) in [6.45, 7) is 0. The van der Waals surface area contributed by atoms with Gasteiger partial charge in [0.05, 0.1) is 5.58 Å². The summed E-state index contributed by atoms with van der Waals surface area (Å²) < 4.78 is 25.4. The van der Waals surface area contributed by atoms with Crippen LogP contribution in [0.1, 0.15) is 34.0 Å². The van der Waals surface area contributed by atoms with Crippen LogP contribution in [0, 0.1) is 18.1 Å². The smallest absolute Gasteiger partial charge is 0 e. The summed E-state index contributed by atoms with van der Waals surface area (Å²) in [6, 6.07) is 43.0. The van der Waals surface area contributed by atoms with E-state index in [2.05, 4.69) is 81.8 Å². The molecule has 0 atom stereocenters. The van der Waals surface area contributed by atoms with Crippen LogP contribution in [0.25, 0.3) is 55.6 Å². The van der Waals surface area contributed by atoms with Crippen molar-refractivity contribution in [2.24, 2.45) is 5.92 Å². The zero-order valence-electron chi connectivity index (χ0n) is 29.6. The van der Waals surface area contributed by atoms with Gasteiger partial charge in [0.2, 0.25) is 0 Å². The van der Waals surface area contributed by atoms with E-state index in [1.807, 2.05) is 72.9 Å². The van der Waals surface area contributed by atoms with E-state index in [1.165, 1.54) is 4.40 Å². The molecule has 1 radical (unpaired) electrons. The Hall–Kier alpha value is -3.83. The first kappa shape index (κ1) is 31.4. The van der Waals surface area contributed by atoms with Crippen LogP contribution in [0.3, 0.4) is 0 Å². The molecule has 0 bridgehead atoms. The summed E-state index contributed by atoms with van der Waals surface area (Å²) in [5, 5.41) is 2.07. The molecule has 0 amide bonds. The molecule has 0 spiro atoms. The van der Waals surface area contributed by atoms with Crippen molar-refractivity contribution in [3.63, 3.8) is 0 Å². The molecule has 243 valence electrons. The second-order valence-electron chi connectivity index (χ2n) is 13.3. The zero-order valence-corrected chi connectivity index (χ0v) is 32.1. The summed E-state index contributed by atoms with van der Waals surface area (Å²) in [5.41, 5.74) is 8.05. The molecule has 1 aliphatic rings. The third-order valence-electron chi connectivity index (χ3n) is 8.90. The maximum absolute atomic E-state index is 8.78. The van der Waals surface area contributed by atoms with Crippen LogP contribution in [-0.4, -0.2) is 23.2 Å². The summed E-state index contributed by atoms with van der Waals surface area (Å²) in [4.78, 5) is 9.11. The average Bonchev–Trinajstić information content (AvgIpc) is 3.82. The first-order valence-electron chi connectivity index (χ1n) is 17.5. The monoisotopic (exact) mass is 869 g/mol. The van der Waals surface area contributed by atoms with E-state index in [0.29, 0.717) is 11.3 Å². The first-order valence-corrected chi connectivity index (χ1v) is 23.9. The summed E-state index contributed by atoms with van der Waals surface area (Å²) in [7, 11) is 0. The number of fused-ring (bicyclic) bond motifs is 3. The van der Waals surface area contributed by atoms with Gasteiger partial charge in [0.15, 0.2) is 0 Å². The van der Waals surface area contributed by atoms with Crippen LogP contribution in [-0.2, 0) is 26.5 Å². The first-order chi connectivity index (χ1) is 23.7. The van der Waals surface area contributed by atoms with Crippen LogP contribution >= 0.6 is 0 Å². The van der Waals surface area contributed by atoms with Gasteiger partial charge in [0.25, 0.3) is 0 Å². The van der Waals surface area contributed by atoms with Gasteiger partial charge in [0.1, 0.15) is 5.58 Å². The second kappa shape index (κ2) is 15.2. The molecule has 3 aromatic heterocycles. The maximum Gasteiger partial charge on any atom is 0 e. The van der Waals surface area contributed by atoms with Crippen molar-refractivity contribution >= 4 is 39.6 Å². The van der Waals surface area contributed by atoms with Crippen molar-refractivity contribution in [1.29, 1.82) is 0 Å². The standard InChI is InChI=1S/C29H24NO.C14H16GeN.Ir/c1-2-9-22(10-3-1)23-13-14-24-25-11-6-12-26(29(25)31-28(24)19-23)27-18-21(15-16-30-27)17-20-7-4-5-8-20;1-15(2,3)13-9-10-14(16-11-13)12-7-5-4-6-8-12;/h1-3,6,9-11,13-16,18-20H,4-5,7-8,17H2;4-7,9-11H,1-3H3;/q2*-1;/i17D2;;. The van der Waals surface area contributed by atoms with Gasteiger partial charge in [-0.05, 0) is 41.2 Å². The van der Waals surface area contributed by atoms with Crippen molar-refractivity contribution in [3.8, 4) is 33.6 Å². The minimum atomic E-state index is -1.72. The SMILES string of the molecule is [2H]C([2H])(c1ccnc(-c2[c-]ccc3c2oc2cc(-c4ccccc4)ccc23)c1)C1CCCC1.[CH3][Ge]([CH3])([CH3])[c]1ccc(-c2[c-]cccc2)nc1.[Ir]. The molecule has 0 unspecified atom stereocenters. The number of aromatic nitrogens is 2. The third-order valence-corrected chi connectivity index (χ3v) is 13.2. The van der Waals surface area contributed by atoms with Crippen LogP contribution in [0.2, 0.25) is 17.3 Å². The van der Waals surface area contributed by atoms with Gasteiger partial charge in [-0.15, -0.1) is 18.2 Å². The van der Waals surface area contributed by atoms with E-state index in [-0.39, 0.29) is 26.0 Å². The molecule has 5 heteroatoms.